The van der Waals surface area contributed by atoms with Crippen LogP contribution in [0.25, 0.3) is 11.1 Å². The van der Waals surface area contributed by atoms with Gasteiger partial charge in [-0.2, -0.15) is 5.26 Å². The Balaban J connectivity index is 1.55. The zero-order chi connectivity index (χ0) is 26.6. The average molecular weight is 538 g/mol. The molecule has 3 atom stereocenters. The van der Waals surface area contributed by atoms with Crippen molar-refractivity contribution in [1.29, 1.82) is 5.26 Å². The fourth-order valence-corrected chi connectivity index (χ4v) is 6.25. The van der Waals surface area contributed by atoms with Gasteiger partial charge in [0, 0.05) is 36.1 Å². The van der Waals surface area contributed by atoms with Crippen LogP contribution in [0.3, 0.4) is 0 Å². The molecular weight excluding hydrogens is 514 g/mol. The zero-order valence-corrected chi connectivity index (χ0v) is 20.3. The zero-order valence-electron chi connectivity index (χ0n) is 19.5. The summed E-state index contributed by atoms with van der Waals surface area (Å²) in [6.07, 6.45) is 1.08. The van der Waals surface area contributed by atoms with Crippen LogP contribution < -0.4 is 4.72 Å². The molecule has 3 fully saturated rings. The van der Waals surface area contributed by atoms with E-state index in [9.17, 15) is 31.6 Å². The van der Waals surface area contributed by atoms with Crippen molar-refractivity contribution in [3.05, 3.63) is 59.4 Å². The van der Waals surface area contributed by atoms with Crippen molar-refractivity contribution in [2.75, 3.05) is 19.2 Å². The number of nitrogens with zero attached hydrogens (tertiary/aromatic N) is 2. The van der Waals surface area contributed by atoms with E-state index in [0.717, 1.165) is 12.1 Å². The first-order chi connectivity index (χ1) is 17.5. The van der Waals surface area contributed by atoms with E-state index in [0.29, 0.717) is 18.9 Å². The van der Waals surface area contributed by atoms with Crippen LogP contribution in [0.4, 0.5) is 17.6 Å². The van der Waals surface area contributed by atoms with Crippen LogP contribution in [0, 0.1) is 34.2 Å². The molecule has 0 aromatic heterocycles. The van der Waals surface area contributed by atoms with Crippen molar-refractivity contribution in [2.24, 2.45) is 5.41 Å². The molecule has 196 valence electrons. The Morgan fingerprint density at radius 2 is 1.84 bits per heavy atom. The topological polar surface area (TPSA) is 99.5 Å². The third-order valence-electron chi connectivity index (χ3n) is 7.54. The predicted molar refractivity (Wildman–Crippen MR) is 123 cm³/mol. The molecule has 1 saturated carbocycles. The van der Waals surface area contributed by atoms with Gasteiger partial charge in [-0.3, -0.25) is 4.79 Å². The number of sulfonamides is 1. The van der Waals surface area contributed by atoms with Gasteiger partial charge in [0.15, 0.2) is 0 Å². The molecule has 2 aromatic rings. The van der Waals surface area contributed by atoms with Crippen molar-refractivity contribution in [2.45, 2.75) is 43.4 Å². The lowest BCUT2D eigenvalue weighted by molar-refractivity contribution is -0.172. The SMILES string of the molecule is N#CC1(C(=O)N2CC3(CC3)[C@H](NS(=O)(=O)CF)[C@@H]2Cc2cccc(-c3cc(F)cc(F)c3)c2F)CCO1. The van der Waals surface area contributed by atoms with E-state index < -0.39 is 62.5 Å². The Labute approximate surface area is 211 Å². The first-order valence-electron chi connectivity index (χ1n) is 11.7. The van der Waals surface area contributed by atoms with Gasteiger partial charge < -0.3 is 9.64 Å². The Morgan fingerprint density at radius 1 is 1.16 bits per heavy atom. The minimum absolute atomic E-state index is 0.0316. The Morgan fingerprint density at radius 3 is 2.38 bits per heavy atom. The summed E-state index contributed by atoms with van der Waals surface area (Å²) in [5.41, 5.74) is -2.43. The highest BCUT2D eigenvalue weighted by Gasteiger charge is 2.64. The first-order valence-corrected chi connectivity index (χ1v) is 13.3. The molecule has 2 aromatic carbocycles. The molecule has 7 nitrogen and oxygen atoms in total. The summed E-state index contributed by atoms with van der Waals surface area (Å²) < 4.78 is 88.7. The molecule has 1 amide bonds. The number of ether oxygens (including phenoxy) is 1. The maximum Gasteiger partial charge on any atom is 0.270 e. The number of likely N-dealkylation sites (tertiary alicyclic amines) is 1. The number of alkyl halides is 1. The summed E-state index contributed by atoms with van der Waals surface area (Å²) in [6, 6.07) is 5.23. The van der Waals surface area contributed by atoms with Crippen LogP contribution in [-0.2, 0) is 26.0 Å². The number of carbonyl (C=O) groups is 1. The minimum atomic E-state index is -4.34. The quantitative estimate of drug-likeness (QED) is 0.547. The predicted octanol–water partition coefficient (Wildman–Crippen LogP) is 3.20. The smallest absolute Gasteiger partial charge is 0.270 e. The van der Waals surface area contributed by atoms with Gasteiger partial charge >= 0.3 is 0 Å². The molecular formula is C25H23F4N3O4S. The van der Waals surface area contributed by atoms with E-state index in [4.69, 9.17) is 4.74 Å². The van der Waals surface area contributed by atoms with Gasteiger partial charge in [-0.25, -0.2) is 30.7 Å². The highest BCUT2D eigenvalue weighted by Crippen LogP contribution is 2.56. The fraction of sp³-hybridized carbons (Fsp3) is 0.440. The fourth-order valence-electron chi connectivity index (χ4n) is 5.39. The molecule has 1 unspecified atom stereocenters. The molecule has 12 heteroatoms. The Bertz CT molecular complexity index is 1380. The number of rotatable bonds is 7. The number of hydrogen-bond acceptors (Lipinski definition) is 5. The molecule has 1 aliphatic carbocycles. The summed E-state index contributed by atoms with van der Waals surface area (Å²) in [4.78, 5) is 14.8. The van der Waals surface area contributed by atoms with Crippen LogP contribution in [0.2, 0.25) is 0 Å². The number of nitriles is 1. The summed E-state index contributed by atoms with van der Waals surface area (Å²) in [5, 5.41) is 9.63. The lowest BCUT2D eigenvalue weighted by Gasteiger charge is -2.39. The second kappa shape index (κ2) is 9.08. The van der Waals surface area contributed by atoms with Crippen LogP contribution in [0.15, 0.2) is 36.4 Å². The summed E-state index contributed by atoms with van der Waals surface area (Å²) in [7, 11) is -4.34. The van der Waals surface area contributed by atoms with Crippen LogP contribution >= 0.6 is 0 Å². The van der Waals surface area contributed by atoms with Crippen LogP contribution in [0.5, 0.6) is 0 Å². The minimum Gasteiger partial charge on any atom is -0.352 e. The normalized spacial score (nSPS) is 26.1. The standard InChI is InChI=1S/C25H23F4N3O4S/c26-14-37(34,35)31-22-20(32(13-24(22)4-5-24)23(33)25(12-30)6-7-36-25)10-15-2-1-3-19(21(15)29)16-8-17(27)11-18(28)9-16/h1-3,8-9,11,20,22,31H,4-7,10,13-14H2/t20-,22+,25?/m0/s1. The highest BCUT2D eigenvalue weighted by molar-refractivity contribution is 7.89. The average Bonchev–Trinajstić information content (AvgIpc) is 3.54. The number of hydrogen-bond donors (Lipinski definition) is 1. The number of halogens is 4. The van der Waals surface area contributed by atoms with Gasteiger partial charge in [0.1, 0.15) is 23.5 Å². The first kappa shape index (κ1) is 25.6. The van der Waals surface area contributed by atoms with E-state index in [-0.39, 0.29) is 42.7 Å². The summed E-state index contributed by atoms with van der Waals surface area (Å²) in [5.74, 6) is -3.21. The van der Waals surface area contributed by atoms with Crippen molar-refractivity contribution in [3.63, 3.8) is 0 Å². The molecule has 37 heavy (non-hydrogen) atoms. The van der Waals surface area contributed by atoms with Gasteiger partial charge in [0.25, 0.3) is 5.91 Å². The van der Waals surface area contributed by atoms with E-state index >= 15 is 4.39 Å². The molecule has 2 aliphatic heterocycles. The number of amides is 1. The third kappa shape index (κ3) is 4.49. The van der Waals surface area contributed by atoms with E-state index in [1.807, 2.05) is 6.07 Å². The summed E-state index contributed by atoms with van der Waals surface area (Å²) in [6.45, 7) is 0.306. The molecule has 0 radical (unpaired) electrons. The Kier molecular flexibility index (Phi) is 6.29. The monoisotopic (exact) mass is 537 g/mol. The Hall–Kier alpha value is -3.01. The molecule has 5 rings (SSSR count). The van der Waals surface area contributed by atoms with E-state index in [1.165, 1.54) is 23.1 Å². The van der Waals surface area contributed by atoms with Crippen molar-refractivity contribution in [1.82, 2.24) is 9.62 Å². The van der Waals surface area contributed by atoms with Crippen molar-refractivity contribution in [3.8, 4) is 17.2 Å². The maximum atomic E-state index is 15.7. The van der Waals surface area contributed by atoms with Crippen molar-refractivity contribution >= 4 is 15.9 Å². The highest BCUT2D eigenvalue weighted by atomic mass is 32.2. The molecule has 2 saturated heterocycles. The van der Waals surface area contributed by atoms with Gasteiger partial charge in [-0.1, -0.05) is 18.2 Å². The van der Waals surface area contributed by atoms with Gasteiger partial charge in [0.2, 0.25) is 21.6 Å². The molecule has 0 bridgehead atoms. The number of nitrogens with one attached hydrogen (secondary N) is 1. The van der Waals surface area contributed by atoms with E-state index in [1.54, 1.807) is 0 Å². The van der Waals surface area contributed by atoms with Crippen LogP contribution in [-0.4, -0.2) is 56.1 Å². The van der Waals surface area contributed by atoms with Crippen molar-refractivity contribution < 1.29 is 35.5 Å². The third-order valence-corrected chi connectivity index (χ3v) is 8.44. The number of benzene rings is 2. The largest absolute Gasteiger partial charge is 0.352 e. The molecule has 1 spiro atoms. The molecule has 3 aliphatic rings. The van der Waals surface area contributed by atoms with Crippen LogP contribution in [0.1, 0.15) is 24.8 Å². The van der Waals surface area contributed by atoms with Gasteiger partial charge in [-0.15, -0.1) is 0 Å². The number of carbonyl (C=O) groups excluding carboxylic acids is 1. The lowest BCUT2D eigenvalue weighted by atomic mass is 9.90. The second-order valence-electron chi connectivity index (χ2n) is 9.86. The van der Waals surface area contributed by atoms with Gasteiger partial charge in [-0.05, 0) is 42.5 Å². The molecule has 1 N–H and O–H groups in total. The van der Waals surface area contributed by atoms with E-state index in [2.05, 4.69) is 4.72 Å². The maximum absolute atomic E-state index is 15.7. The second-order valence-corrected chi connectivity index (χ2v) is 11.5. The van der Waals surface area contributed by atoms with Gasteiger partial charge in [0.05, 0.1) is 12.6 Å². The molecule has 2 heterocycles. The summed E-state index contributed by atoms with van der Waals surface area (Å²) >= 11 is 0. The lowest BCUT2D eigenvalue weighted by Crippen LogP contribution is -2.59.